The van der Waals surface area contributed by atoms with Crippen LogP contribution in [0.3, 0.4) is 0 Å². The lowest BCUT2D eigenvalue weighted by Crippen LogP contribution is -2.35. The Labute approximate surface area is 50.5 Å². The van der Waals surface area contributed by atoms with Gasteiger partial charge in [-0.25, -0.2) is 10.9 Å². The summed E-state index contributed by atoms with van der Waals surface area (Å²) >= 11 is 1.15. The van der Waals surface area contributed by atoms with E-state index in [1.165, 1.54) is 0 Å². The third-order valence-corrected chi connectivity index (χ3v) is 1.68. The number of carbonyl (C=O) groups excluding carboxylic acids is 1. The first-order chi connectivity index (χ1) is 3.72. The first-order valence-electron chi connectivity index (χ1n) is 2.01. The standard InChI is InChI=1S/C3H5N3OS/c4-3-6(5)2(7)1-8-3/h4H,1,5H2. The van der Waals surface area contributed by atoms with Gasteiger partial charge < -0.3 is 0 Å². The van der Waals surface area contributed by atoms with Crippen molar-refractivity contribution < 1.29 is 4.79 Å². The fourth-order valence-electron chi connectivity index (χ4n) is 0.382. The quantitative estimate of drug-likeness (QED) is 0.339. The molecule has 1 amide bonds. The van der Waals surface area contributed by atoms with E-state index in [1.807, 2.05) is 0 Å². The van der Waals surface area contributed by atoms with E-state index in [0.29, 0.717) is 5.75 Å². The molecule has 1 aliphatic rings. The Morgan fingerprint density at radius 2 is 2.50 bits per heavy atom. The predicted molar refractivity (Wildman–Crippen MR) is 31.2 cm³/mol. The molecule has 0 spiro atoms. The van der Waals surface area contributed by atoms with Gasteiger partial charge in [0.15, 0.2) is 5.17 Å². The number of carbonyl (C=O) groups is 1. The normalized spacial score (nSPS) is 20.4. The van der Waals surface area contributed by atoms with Crippen LogP contribution in [0, 0.1) is 5.41 Å². The number of nitrogens with two attached hydrogens (primary N) is 1. The van der Waals surface area contributed by atoms with Crippen LogP contribution in [0.15, 0.2) is 0 Å². The first-order valence-corrected chi connectivity index (χ1v) is 2.99. The third-order valence-electron chi connectivity index (χ3n) is 0.820. The Morgan fingerprint density at radius 3 is 2.62 bits per heavy atom. The largest absolute Gasteiger partial charge is 0.277 e. The van der Waals surface area contributed by atoms with Crippen LogP contribution in [-0.4, -0.2) is 21.8 Å². The number of amidine groups is 1. The van der Waals surface area contributed by atoms with Crippen molar-refractivity contribution in [3.63, 3.8) is 0 Å². The summed E-state index contributed by atoms with van der Waals surface area (Å²) in [4.78, 5) is 10.4. The number of thioether (sulfide) groups is 1. The van der Waals surface area contributed by atoms with Gasteiger partial charge in [-0.1, -0.05) is 11.8 Å². The highest BCUT2D eigenvalue weighted by molar-refractivity contribution is 8.14. The SMILES string of the molecule is N=C1SCC(=O)N1N. The van der Waals surface area contributed by atoms with Gasteiger partial charge in [0.1, 0.15) is 0 Å². The molecule has 0 unspecified atom stereocenters. The van der Waals surface area contributed by atoms with E-state index in [1.54, 1.807) is 0 Å². The van der Waals surface area contributed by atoms with Gasteiger partial charge in [-0.15, -0.1) is 0 Å². The van der Waals surface area contributed by atoms with Gasteiger partial charge in [-0.05, 0) is 0 Å². The molecule has 8 heavy (non-hydrogen) atoms. The van der Waals surface area contributed by atoms with E-state index >= 15 is 0 Å². The first kappa shape index (κ1) is 5.58. The molecule has 0 aromatic heterocycles. The van der Waals surface area contributed by atoms with Crippen molar-refractivity contribution in [3.8, 4) is 0 Å². The van der Waals surface area contributed by atoms with E-state index in [0.717, 1.165) is 16.8 Å². The van der Waals surface area contributed by atoms with Crippen molar-refractivity contribution in [2.45, 2.75) is 0 Å². The van der Waals surface area contributed by atoms with Crippen LogP contribution in [0.2, 0.25) is 0 Å². The van der Waals surface area contributed by atoms with Gasteiger partial charge in [-0.3, -0.25) is 10.2 Å². The number of hydrogen-bond acceptors (Lipinski definition) is 4. The Hall–Kier alpha value is -0.550. The molecular weight excluding hydrogens is 126 g/mol. The highest BCUT2D eigenvalue weighted by Crippen LogP contribution is 2.12. The van der Waals surface area contributed by atoms with Crippen LogP contribution in [0.4, 0.5) is 0 Å². The zero-order chi connectivity index (χ0) is 6.15. The Kier molecular flexibility index (Phi) is 1.22. The molecule has 1 heterocycles. The third kappa shape index (κ3) is 0.696. The molecule has 5 heteroatoms. The van der Waals surface area contributed by atoms with Gasteiger partial charge in [0.2, 0.25) is 0 Å². The topological polar surface area (TPSA) is 70.2 Å². The van der Waals surface area contributed by atoms with Crippen LogP contribution in [0.5, 0.6) is 0 Å². The fourth-order valence-corrected chi connectivity index (χ4v) is 1.02. The maximum Gasteiger partial charge on any atom is 0.253 e. The summed E-state index contributed by atoms with van der Waals surface area (Å²) in [6.45, 7) is 0. The van der Waals surface area contributed by atoms with Gasteiger partial charge in [0.05, 0.1) is 5.75 Å². The molecule has 4 nitrogen and oxygen atoms in total. The molecule has 0 bridgehead atoms. The lowest BCUT2D eigenvalue weighted by Gasteiger charge is -2.02. The van der Waals surface area contributed by atoms with Crippen molar-refractivity contribution in [1.82, 2.24) is 5.01 Å². The molecule has 1 aliphatic heterocycles. The number of hydrogen-bond donors (Lipinski definition) is 2. The monoisotopic (exact) mass is 131 g/mol. The van der Waals surface area contributed by atoms with E-state index in [2.05, 4.69) is 0 Å². The summed E-state index contributed by atoms with van der Waals surface area (Å²) in [7, 11) is 0. The number of nitrogens with zero attached hydrogens (tertiary/aromatic N) is 1. The number of hydrazine groups is 1. The van der Waals surface area contributed by atoms with Crippen LogP contribution in [-0.2, 0) is 4.79 Å². The molecule has 1 rings (SSSR count). The summed E-state index contributed by atoms with van der Waals surface area (Å²) in [6.07, 6.45) is 0. The maximum atomic E-state index is 10.4. The average Bonchev–Trinajstić information content (AvgIpc) is 1.98. The number of rotatable bonds is 0. The predicted octanol–water partition coefficient (Wildman–Crippen LogP) is -0.630. The van der Waals surface area contributed by atoms with Gasteiger partial charge in [0.25, 0.3) is 5.91 Å². The lowest BCUT2D eigenvalue weighted by molar-refractivity contribution is -0.124. The molecule has 1 fully saturated rings. The van der Waals surface area contributed by atoms with E-state index in [4.69, 9.17) is 11.3 Å². The summed E-state index contributed by atoms with van der Waals surface area (Å²) in [5.41, 5.74) is 0. The van der Waals surface area contributed by atoms with Crippen molar-refractivity contribution in [3.05, 3.63) is 0 Å². The van der Waals surface area contributed by atoms with Gasteiger partial charge in [-0.2, -0.15) is 0 Å². The lowest BCUT2D eigenvalue weighted by atomic mass is 10.7. The molecule has 3 N–H and O–H groups in total. The highest BCUT2D eigenvalue weighted by atomic mass is 32.2. The van der Waals surface area contributed by atoms with Crippen molar-refractivity contribution in [1.29, 1.82) is 5.41 Å². The van der Waals surface area contributed by atoms with E-state index in [9.17, 15) is 4.79 Å². The second-order valence-electron chi connectivity index (χ2n) is 1.36. The molecule has 0 radical (unpaired) electrons. The fraction of sp³-hybridized carbons (Fsp3) is 0.333. The second-order valence-corrected chi connectivity index (χ2v) is 2.32. The van der Waals surface area contributed by atoms with Crippen molar-refractivity contribution >= 4 is 22.8 Å². The maximum absolute atomic E-state index is 10.4. The molecule has 0 aromatic carbocycles. The number of amides is 1. The summed E-state index contributed by atoms with van der Waals surface area (Å²) in [5, 5.41) is 7.91. The molecule has 0 aliphatic carbocycles. The number of nitrogens with one attached hydrogen (secondary N) is 1. The minimum absolute atomic E-state index is 0.134. The summed E-state index contributed by atoms with van der Waals surface area (Å²) < 4.78 is 0. The van der Waals surface area contributed by atoms with Crippen LogP contribution in [0.25, 0.3) is 0 Å². The van der Waals surface area contributed by atoms with Crippen molar-refractivity contribution in [2.24, 2.45) is 5.84 Å². The molecule has 0 atom stereocenters. The Morgan fingerprint density at radius 1 is 1.88 bits per heavy atom. The minimum Gasteiger partial charge on any atom is -0.277 e. The molecule has 44 valence electrons. The van der Waals surface area contributed by atoms with Crippen LogP contribution in [0.1, 0.15) is 0 Å². The second kappa shape index (κ2) is 1.75. The van der Waals surface area contributed by atoms with Gasteiger partial charge >= 0.3 is 0 Å². The van der Waals surface area contributed by atoms with E-state index in [-0.39, 0.29) is 11.1 Å². The zero-order valence-electron chi connectivity index (χ0n) is 4.05. The Balaban J connectivity index is 2.70. The molecule has 1 saturated heterocycles. The summed E-state index contributed by atoms with van der Waals surface area (Å²) in [5.74, 6) is 5.18. The van der Waals surface area contributed by atoms with Crippen molar-refractivity contribution in [2.75, 3.05) is 5.75 Å². The molecule has 0 aromatic rings. The minimum atomic E-state index is -0.194. The molecular formula is C3H5N3OS. The average molecular weight is 131 g/mol. The van der Waals surface area contributed by atoms with E-state index < -0.39 is 0 Å². The highest BCUT2D eigenvalue weighted by Gasteiger charge is 2.22. The smallest absolute Gasteiger partial charge is 0.253 e. The van der Waals surface area contributed by atoms with Gasteiger partial charge in [0, 0.05) is 0 Å². The van der Waals surface area contributed by atoms with Crippen LogP contribution < -0.4 is 5.84 Å². The Bertz CT molecular complexity index is 129. The summed E-state index contributed by atoms with van der Waals surface area (Å²) in [6, 6.07) is 0. The molecule has 0 saturated carbocycles. The van der Waals surface area contributed by atoms with Crippen LogP contribution >= 0.6 is 11.8 Å². The zero-order valence-corrected chi connectivity index (χ0v) is 4.86.